The molecule has 1 aromatic rings. The molecule has 0 radical (unpaired) electrons. The molecule has 1 rings (SSSR count). The molecule has 4 nitrogen and oxygen atoms in total. The third-order valence-corrected chi connectivity index (χ3v) is 1.59. The van der Waals surface area contributed by atoms with Crippen molar-refractivity contribution in [3.8, 4) is 11.6 Å². The van der Waals surface area contributed by atoms with Crippen LogP contribution >= 0.6 is 0 Å². The zero-order valence-corrected chi connectivity index (χ0v) is 7.84. The Hall–Kier alpha value is -1.50. The average Bonchev–Trinajstić information content (AvgIpc) is 2.15. The van der Waals surface area contributed by atoms with Gasteiger partial charge in [-0.05, 0) is 6.07 Å². The van der Waals surface area contributed by atoms with E-state index in [4.69, 9.17) is 10.5 Å². The topological polar surface area (TPSA) is 57.4 Å². The molecular formula is C8H9F3N2O2. The van der Waals surface area contributed by atoms with Gasteiger partial charge in [-0.15, -0.1) is 13.2 Å². The Morgan fingerprint density at radius 2 is 2.13 bits per heavy atom. The minimum Gasteiger partial charge on any atom is -0.491 e. The second kappa shape index (κ2) is 4.35. The average molecular weight is 222 g/mol. The molecule has 15 heavy (non-hydrogen) atoms. The van der Waals surface area contributed by atoms with E-state index in [1.54, 1.807) is 0 Å². The summed E-state index contributed by atoms with van der Waals surface area (Å²) in [6, 6.07) is 1.46. The van der Waals surface area contributed by atoms with Crippen LogP contribution in [0.4, 0.5) is 13.2 Å². The lowest BCUT2D eigenvalue weighted by molar-refractivity contribution is -0.276. The number of hydrogen-bond acceptors (Lipinski definition) is 4. The van der Waals surface area contributed by atoms with Crippen LogP contribution < -0.4 is 15.2 Å². The highest BCUT2D eigenvalue weighted by Gasteiger charge is 2.33. The number of ether oxygens (including phenoxy) is 2. The molecule has 0 spiro atoms. The van der Waals surface area contributed by atoms with Gasteiger partial charge < -0.3 is 15.2 Å². The Labute approximate surface area is 83.8 Å². The molecule has 0 saturated carbocycles. The van der Waals surface area contributed by atoms with Gasteiger partial charge in [-0.25, -0.2) is 4.98 Å². The summed E-state index contributed by atoms with van der Waals surface area (Å²) in [5.41, 5.74) is 5.71. The Kier molecular flexibility index (Phi) is 3.35. The van der Waals surface area contributed by atoms with Crippen molar-refractivity contribution in [1.82, 2.24) is 4.98 Å². The second-order valence-electron chi connectivity index (χ2n) is 2.56. The van der Waals surface area contributed by atoms with Crippen LogP contribution in [0.1, 0.15) is 5.56 Å². The molecule has 0 fully saturated rings. The lowest BCUT2D eigenvalue weighted by Gasteiger charge is -2.13. The predicted octanol–water partition coefficient (Wildman–Crippen LogP) is 1.45. The van der Waals surface area contributed by atoms with Crippen molar-refractivity contribution >= 4 is 0 Å². The quantitative estimate of drug-likeness (QED) is 0.840. The van der Waals surface area contributed by atoms with Crippen molar-refractivity contribution in [2.45, 2.75) is 12.9 Å². The van der Waals surface area contributed by atoms with Gasteiger partial charge in [-0.3, -0.25) is 0 Å². The normalized spacial score (nSPS) is 11.3. The minimum atomic E-state index is -4.80. The van der Waals surface area contributed by atoms with Crippen molar-refractivity contribution in [3.63, 3.8) is 0 Å². The molecule has 0 unspecified atom stereocenters. The van der Waals surface area contributed by atoms with Crippen LogP contribution in [0.5, 0.6) is 11.6 Å². The number of alkyl halides is 3. The highest BCUT2D eigenvalue weighted by atomic mass is 19.4. The monoisotopic (exact) mass is 222 g/mol. The molecule has 84 valence electrons. The van der Waals surface area contributed by atoms with E-state index in [-0.39, 0.29) is 12.3 Å². The first-order chi connectivity index (χ1) is 6.98. The fraction of sp³-hybridized carbons (Fsp3) is 0.375. The van der Waals surface area contributed by atoms with Gasteiger partial charge in [0, 0.05) is 18.3 Å². The largest absolute Gasteiger partial charge is 0.574 e. The second-order valence-corrected chi connectivity index (χ2v) is 2.56. The van der Waals surface area contributed by atoms with E-state index < -0.39 is 12.2 Å². The van der Waals surface area contributed by atoms with E-state index in [2.05, 4.69) is 9.72 Å². The lowest BCUT2D eigenvalue weighted by atomic mass is 10.2. The van der Waals surface area contributed by atoms with E-state index in [1.165, 1.54) is 19.4 Å². The van der Waals surface area contributed by atoms with Gasteiger partial charge in [0.25, 0.3) is 5.88 Å². The number of hydrogen-bond donors (Lipinski definition) is 1. The summed E-state index contributed by atoms with van der Waals surface area (Å²) in [6.45, 7) is 0.0416. The van der Waals surface area contributed by atoms with Gasteiger partial charge in [0.05, 0.1) is 7.11 Å². The van der Waals surface area contributed by atoms with Gasteiger partial charge in [-0.1, -0.05) is 0 Å². The molecule has 1 heterocycles. The van der Waals surface area contributed by atoms with Crippen LogP contribution in [-0.2, 0) is 6.54 Å². The van der Waals surface area contributed by atoms with Crippen LogP contribution in [-0.4, -0.2) is 18.5 Å². The maximum absolute atomic E-state index is 11.9. The molecule has 2 N–H and O–H groups in total. The minimum absolute atomic E-state index is 0.0416. The Bertz CT molecular complexity index is 341. The molecule has 0 atom stereocenters. The first-order valence-corrected chi connectivity index (χ1v) is 3.95. The molecule has 0 aliphatic carbocycles. The maximum atomic E-state index is 11.9. The number of methoxy groups -OCH3 is 1. The summed E-state index contributed by atoms with van der Waals surface area (Å²) >= 11 is 0. The summed E-state index contributed by atoms with van der Waals surface area (Å²) in [6.07, 6.45) is -3.63. The first kappa shape index (κ1) is 11.6. The van der Waals surface area contributed by atoms with E-state index in [0.717, 1.165) is 0 Å². The first-order valence-electron chi connectivity index (χ1n) is 3.95. The third-order valence-electron chi connectivity index (χ3n) is 1.59. The number of halogens is 3. The van der Waals surface area contributed by atoms with Crippen LogP contribution in [0.15, 0.2) is 12.3 Å². The zero-order chi connectivity index (χ0) is 11.5. The van der Waals surface area contributed by atoms with Gasteiger partial charge in [-0.2, -0.15) is 0 Å². The van der Waals surface area contributed by atoms with Crippen molar-refractivity contribution < 1.29 is 22.6 Å². The van der Waals surface area contributed by atoms with Crippen LogP contribution in [0, 0.1) is 0 Å². The molecule has 1 aromatic heterocycles. The SMILES string of the molecule is COc1c(CN)ccnc1OC(F)(F)F. The Morgan fingerprint density at radius 3 is 2.60 bits per heavy atom. The molecule has 0 bridgehead atoms. The Balaban J connectivity index is 3.06. The summed E-state index contributed by atoms with van der Waals surface area (Å²) in [5.74, 6) is -0.731. The van der Waals surface area contributed by atoms with Crippen molar-refractivity contribution in [3.05, 3.63) is 17.8 Å². The fourth-order valence-corrected chi connectivity index (χ4v) is 1.03. The molecule has 7 heteroatoms. The fourth-order valence-electron chi connectivity index (χ4n) is 1.03. The summed E-state index contributed by atoms with van der Waals surface area (Å²) < 4.78 is 44.3. The van der Waals surface area contributed by atoms with E-state index in [9.17, 15) is 13.2 Å². The smallest absolute Gasteiger partial charge is 0.491 e. The molecule has 0 aromatic carbocycles. The summed E-state index contributed by atoms with van der Waals surface area (Å²) in [7, 11) is 1.22. The standard InChI is InChI=1S/C8H9F3N2O2/c1-14-6-5(4-12)2-3-13-7(6)15-8(9,10)11/h2-3H,4,12H2,1H3. The van der Waals surface area contributed by atoms with Crippen LogP contribution in [0.2, 0.25) is 0 Å². The number of aromatic nitrogens is 1. The lowest BCUT2D eigenvalue weighted by Crippen LogP contribution is -2.19. The number of pyridine rings is 1. The van der Waals surface area contributed by atoms with Gasteiger partial charge in [0.1, 0.15) is 0 Å². The van der Waals surface area contributed by atoms with Crippen LogP contribution in [0.3, 0.4) is 0 Å². The molecule has 0 saturated heterocycles. The highest BCUT2D eigenvalue weighted by molar-refractivity contribution is 5.41. The molecule has 0 aliphatic rings. The predicted molar refractivity (Wildman–Crippen MR) is 45.4 cm³/mol. The van der Waals surface area contributed by atoms with Crippen LogP contribution in [0.25, 0.3) is 0 Å². The molecule has 0 amide bonds. The van der Waals surface area contributed by atoms with Crippen molar-refractivity contribution in [2.24, 2.45) is 5.73 Å². The van der Waals surface area contributed by atoms with E-state index >= 15 is 0 Å². The van der Waals surface area contributed by atoms with E-state index in [1.807, 2.05) is 0 Å². The zero-order valence-electron chi connectivity index (χ0n) is 7.84. The van der Waals surface area contributed by atoms with Gasteiger partial charge in [0.2, 0.25) is 0 Å². The number of nitrogens with two attached hydrogens (primary N) is 1. The molecular weight excluding hydrogens is 213 g/mol. The van der Waals surface area contributed by atoms with Crippen molar-refractivity contribution in [1.29, 1.82) is 0 Å². The third kappa shape index (κ3) is 2.98. The number of nitrogens with zero attached hydrogens (tertiary/aromatic N) is 1. The maximum Gasteiger partial charge on any atom is 0.574 e. The molecule has 0 aliphatic heterocycles. The Morgan fingerprint density at radius 1 is 1.47 bits per heavy atom. The summed E-state index contributed by atoms with van der Waals surface area (Å²) in [5, 5.41) is 0. The van der Waals surface area contributed by atoms with Gasteiger partial charge >= 0.3 is 6.36 Å². The summed E-state index contributed by atoms with van der Waals surface area (Å²) in [4.78, 5) is 3.42. The van der Waals surface area contributed by atoms with Crippen molar-refractivity contribution in [2.75, 3.05) is 7.11 Å². The number of rotatable bonds is 3. The highest BCUT2D eigenvalue weighted by Crippen LogP contribution is 2.32. The van der Waals surface area contributed by atoms with E-state index in [0.29, 0.717) is 5.56 Å². The van der Waals surface area contributed by atoms with Gasteiger partial charge in [0.15, 0.2) is 5.75 Å².